The van der Waals surface area contributed by atoms with Crippen LogP contribution in [0.15, 0.2) is 0 Å². The molecule has 1 heterocycles. The van der Waals surface area contributed by atoms with Gasteiger partial charge < -0.3 is 8.95 Å². The maximum Gasteiger partial charge on any atom is 0.355 e. The molecule has 0 aromatic rings. The van der Waals surface area contributed by atoms with Gasteiger partial charge in [0.15, 0.2) is 0 Å². The van der Waals surface area contributed by atoms with Gasteiger partial charge in [-0.1, -0.05) is 0 Å². The maximum absolute atomic E-state index is 5.65. The lowest BCUT2D eigenvalue weighted by Crippen LogP contribution is -2.45. The molecule has 1 unspecified atom stereocenters. The summed E-state index contributed by atoms with van der Waals surface area (Å²) < 4.78 is 11.3. The normalized spacial score (nSPS) is 32.7. The predicted octanol–water partition coefficient (Wildman–Crippen LogP) is 1.36. The topological polar surface area (TPSA) is 21.7 Å². The zero-order valence-electron chi connectivity index (χ0n) is 7.59. The van der Waals surface area contributed by atoms with Crippen molar-refractivity contribution in [3.8, 4) is 0 Å². The number of hydrogen-bond acceptors (Lipinski definition) is 3. The van der Waals surface area contributed by atoms with Crippen LogP contribution in [0.25, 0.3) is 0 Å². The van der Waals surface area contributed by atoms with Crippen molar-refractivity contribution in [2.45, 2.75) is 25.4 Å². The van der Waals surface area contributed by atoms with Gasteiger partial charge in [0, 0.05) is 20.7 Å². The Bertz CT molecular complexity index is 124. The molecule has 11 heavy (non-hydrogen) atoms. The van der Waals surface area contributed by atoms with Crippen LogP contribution >= 0.6 is 0 Å². The summed E-state index contributed by atoms with van der Waals surface area (Å²) in [5, 5.41) is 1.76. The third kappa shape index (κ3) is 2.90. The van der Waals surface area contributed by atoms with Crippen molar-refractivity contribution in [2.75, 3.05) is 20.7 Å². The van der Waals surface area contributed by atoms with Gasteiger partial charge in [-0.3, -0.25) is 0 Å². The second-order valence-electron chi connectivity index (χ2n) is 3.34. The predicted molar refractivity (Wildman–Crippen MR) is 46.4 cm³/mol. The molecule has 1 rings (SSSR count). The summed E-state index contributed by atoms with van der Waals surface area (Å²) in [6.45, 7) is 3.02. The molecule has 0 saturated carbocycles. The number of rotatable bonds is 2. The first-order chi connectivity index (χ1) is 5.12. The average molecular weight is 175 g/mol. The van der Waals surface area contributed by atoms with Crippen molar-refractivity contribution in [1.29, 1.82) is 0 Å². The number of nitrogens with zero attached hydrogens (tertiary/aromatic N) is 1. The molecule has 1 aliphatic rings. The van der Waals surface area contributed by atoms with Crippen molar-refractivity contribution in [3.63, 3.8) is 0 Å². The molecule has 0 N–H and O–H groups in total. The summed E-state index contributed by atoms with van der Waals surface area (Å²) in [7, 11) is 2.05. The first-order valence-electron chi connectivity index (χ1n) is 4.13. The number of hydroxylamine groups is 2. The fraction of sp³-hybridized carbons (Fsp3) is 1.00. The monoisotopic (exact) mass is 175 g/mol. The molecule has 0 spiro atoms. The molecule has 1 fully saturated rings. The van der Waals surface area contributed by atoms with Gasteiger partial charge in [0.2, 0.25) is 0 Å². The van der Waals surface area contributed by atoms with Crippen molar-refractivity contribution in [1.82, 2.24) is 5.06 Å². The van der Waals surface area contributed by atoms with E-state index in [-0.39, 0.29) is 0 Å². The van der Waals surface area contributed by atoms with Crippen LogP contribution in [0.4, 0.5) is 0 Å². The van der Waals surface area contributed by atoms with Crippen LogP contribution in [-0.4, -0.2) is 34.3 Å². The zero-order valence-corrected chi connectivity index (χ0v) is 8.59. The first kappa shape index (κ1) is 9.19. The van der Waals surface area contributed by atoms with E-state index in [1.807, 2.05) is 14.1 Å². The Morgan fingerprint density at radius 1 is 1.36 bits per heavy atom. The van der Waals surface area contributed by atoms with E-state index in [2.05, 4.69) is 6.55 Å². The lowest BCUT2D eigenvalue weighted by Gasteiger charge is -2.32. The summed E-state index contributed by atoms with van der Waals surface area (Å²) in [4.78, 5) is 0. The second-order valence-corrected chi connectivity index (χ2v) is 6.58. The Morgan fingerprint density at radius 3 is 2.55 bits per heavy atom. The average Bonchev–Trinajstić information content (AvgIpc) is 1.85. The zero-order chi connectivity index (χ0) is 8.32. The van der Waals surface area contributed by atoms with Gasteiger partial charge >= 0.3 is 8.56 Å². The highest BCUT2D eigenvalue weighted by Crippen LogP contribution is 2.22. The molecule has 4 heteroatoms. The van der Waals surface area contributed by atoms with Crippen LogP contribution in [0, 0.1) is 0 Å². The summed E-state index contributed by atoms with van der Waals surface area (Å²) in [5.41, 5.74) is 0. The lowest BCUT2D eigenvalue weighted by molar-refractivity contribution is -0.0502. The molecule has 0 aromatic heterocycles. The molecule has 3 nitrogen and oxygen atoms in total. The van der Waals surface area contributed by atoms with Crippen molar-refractivity contribution in [2.24, 2.45) is 0 Å². The van der Waals surface area contributed by atoms with Crippen molar-refractivity contribution >= 4 is 8.56 Å². The van der Waals surface area contributed by atoms with Gasteiger partial charge in [0.05, 0.1) is 0 Å². The van der Waals surface area contributed by atoms with Crippen LogP contribution in [0.1, 0.15) is 12.8 Å². The van der Waals surface area contributed by atoms with Gasteiger partial charge in [-0.25, -0.2) is 5.06 Å². The van der Waals surface area contributed by atoms with Crippen molar-refractivity contribution in [3.05, 3.63) is 0 Å². The Morgan fingerprint density at radius 2 is 2.09 bits per heavy atom. The summed E-state index contributed by atoms with van der Waals surface area (Å²) in [5.74, 6) is 0. The molecule has 66 valence electrons. The minimum atomic E-state index is -1.77. The quantitative estimate of drug-likeness (QED) is 0.467. The van der Waals surface area contributed by atoms with E-state index in [1.165, 1.54) is 12.8 Å². The third-order valence-corrected chi connectivity index (χ3v) is 4.64. The minimum Gasteiger partial charge on any atom is -0.394 e. The standard InChI is InChI=1S/C7H17NO2Si/c1-8(2)10-11(3)7-5-4-6-9-11/h4-7H2,1-3H3. The van der Waals surface area contributed by atoms with E-state index in [9.17, 15) is 0 Å². The van der Waals surface area contributed by atoms with Gasteiger partial charge in [0.1, 0.15) is 0 Å². The second kappa shape index (κ2) is 3.67. The Labute approximate surface area is 69.5 Å². The smallest absolute Gasteiger partial charge is 0.355 e. The summed E-state index contributed by atoms with van der Waals surface area (Å²) in [6.07, 6.45) is 2.45. The van der Waals surface area contributed by atoms with E-state index >= 15 is 0 Å². The molecule has 1 aliphatic heterocycles. The highest BCUT2D eigenvalue weighted by atomic mass is 28.4. The maximum atomic E-state index is 5.65. The van der Waals surface area contributed by atoms with Crippen LogP contribution in [-0.2, 0) is 8.95 Å². The molecule has 0 aromatic carbocycles. The van der Waals surface area contributed by atoms with Crippen LogP contribution in [0.2, 0.25) is 12.6 Å². The fourth-order valence-electron chi connectivity index (χ4n) is 1.37. The lowest BCUT2D eigenvalue weighted by atomic mass is 10.4. The highest BCUT2D eigenvalue weighted by Gasteiger charge is 2.35. The SMILES string of the molecule is CN(C)O[Si]1(C)CCCCO1. The summed E-state index contributed by atoms with van der Waals surface area (Å²) >= 11 is 0. The molecule has 0 radical (unpaired) electrons. The Balaban J connectivity index is 2.37. The Kier molecular flexibility index (Phi) is 3.06. The van der Waals surface area contributed by atoms with Crippen LogP contribution in [0.5, 0.6) is 0 Å². The molecule has 0 aliphatic carbocycles. The molecule has 1 atom stereocenters. The molecule has 1 saturated heterocycles. The van der Waals surface area contributed by atoms with Crippen LogP contribution < -0.4 is 0 Å². The van der Waals surface area contributed by atoms with Crippen molar-refractivity contribution < 1.29 is 8.95 Å². The minimum absolute atomic E-state index is 0.885. The van der Waals surface area contributed by atoms with E-state index < -0.39 is 8.56 Å². The van der Waals surface area contributed by atoms with Gasteiger partial charge in [-0.2, -0.15) is 0 Å². The van der Waals surface area contributed by atoms with Crippen LogP contribution in [0.3, 0.4) is 0 Å². The highest BCUT2D eigenvalue weighted by molar-refractivity contribution is 6.66. The molecular weight excluding hydrogens is 158 g/mol. The molecule has 0 amide bonds. The Hall–Kier alpha value is 0.0969. The molecular formula is C7H17NO2Si. The largest absolute Gasteiger partial charge is 0.394 e. The van der Waals surface area contributed by atoms with E-state index in [0.717, 1.165) is 12.7 Å². The van der Waals surface area contributed by atoms with Gasteiger partial charge in [-0.15, -0.1) is 0 Å². The number of hydrogen-bond donors (Lipinski definition) is 0. The summed E-state index contributed by atoms with van der Waals surface area (Å²) in [6, 6.07) is 1.13. The third-order valence-electron chi connectivity index (χ3n) is 1.81. The van der Waals surface area contributed by atoms with Gasteiger partial charge in [0.25, 0.3) is 0 Å². The van der Waals surface area contributed by atoms with E-state index in [4.69, 9.17) is 8.95 Å². The van der Waals surface area contributed by atoms with E-state index in [1.54, 1.807) is 5.06 Å². The van der Waals surface area contributed by atoms with E-state index in [0.29, 0.717) is 0 Å². The fourth-order valence-corrected chi connectivity index (χ4v) is 3.90. The van der Waals surface area contributed by atoms with Gasteiger partial charge in [-0.05, 0) is 25.4 Å². The first-order valence-corrected chi connectivity index (χ1v) is 6.65. The molecule has 0 bridgehead atoms.